The van der Waals surface area contributed by atoms with Crippen molar-refractivity contribution >= 4 is 15.9 Å². The summed E-state index contributed by atoms with van der Waals surface area (Å²) in [6, 6.07) is 10.7. The van der Waals surface area contributed by atoms with E-state index in [4.69, 9.17) is 5.26 Å². The minimum Gasteiger partial charge on any atom is -0.311 e. The molecule has 0 bridgehead atoms. The molecule has 1 aromatic carbocycles. The Morgan fingerprint density at radius 1 is 1.31 bits per heavy atom. The van der Waals surface area contributed by atoms with E-state index >= 15 is 0 Å². The third kappa shape index (κ3) is 2.63. The number of halogens is 1. The van der Waals surface area contributed by atoms with Crippen molar-refractivity contribution in [2.45, 2.75) is 25.8 Å². The average Bonchev–Trinajstić information content (AvgIpc) is 2.25. The smallest absolute Gasteiger partial charge is 0.0703 e. The van der Waals surface area contributed by atoms with Crippen molar-refractivity contribution in [1.82, 2.24) is 5.32 Å². The van der Waals surface area contributed by atoms with Gasteiger partial charge in [-0.25, -0.2) is 0 Å². The highest BCUT2D eigenvalue weighted by Crippen LogP contribution is 2.39. The predicted molar refractivity (Wildman–Crippen MR) is 67.7 cm³/mol. The van der Waals surface area contributed by atoms with Crippen LogP contribution in [0.15, 0.2) is 28.7 Å². The zero-order valence-electron chi connectivity index (χ0n) is 9.17. The summed E-state index contributed by atoms with van der Waals surface area (Å²) in [5.74, 6) is 0. The first-order valence-corrected chi connectivity index (χ1v) is 6.40. The Balaban J connectivity index is 1.80. The fourth-order valence-electron chi connectivity index (χ4n) is 1.98. The van der Waals surface area contributed by atoms with Gasteiger partial charge in [-0.15, -0.1) is 0 Å². The Hall–Kier alpha value is -0.850. The second-order valence-corrected chi connectivity index (χ2v) is 5.39. The van der Waals surface area contributed by atoms with Crippen molar-refractivity contribution in [2.75, 3.05) is 6.54 Å². The number of nitriles is 1. The average molecular weight is 279 g/mol. The Bertz CT molecular complexity index is 387. The topological polar surface area (TPSA) is 35.8 Å². The number of benzene rings is 1. The molecule has 0 spiro atoms. The largest absolute Gasteiger partial charge is 0.311 e. The van der Waals surface area contributed by atoms with Crippen LogP contribution in [-0.4, -0.2) is 6.54 Å². The van der Waals surface area contributed by atoms with Gasteiger partial charge < -0.3 is 5.32 Å². The van der Waals surface area contributed by atoms with Crippen LogP contribution < -0.4 is 5.32 Å². The SMILES string of the molecule is N#CC1(CNCc2ccc(Br)cc2)CCC1. The van der Waals surface area contributed by atoms with E-state index in [0.29, 0.717) is 0 Å². The number of rotatable bonds is 4. The number of hydrogen-bond acceptors (Lipinski definition) is 2. The fourth-order valence-corrected chi connectivity index (χ4v) is 2.24. The molecule has 0 amide bonds. The van der Waals surface area contributed by atoms with Gasteiger partial charge in [-0.3, -0.25) is 0 Å². The lowest BCUT2D eigenvalue weighted by Gasteiger charge is -2.35. The van der Waals surface area contributed by atoms with Gasteiger partial charge in [0.2, 0.25) is 0 Å². The molecule has 0 aromatic heterocycles. The van der Waals surface area contributed by atoms with Crippen molar-refractivity contribution in [1.29, 1.82) is 5.26 Å². The molecular formula is C13H15BrN2. The standard InChI is InChI=1S/C13H15BrN2/c14-12-4-2-11(3-5-12)8-16-10-13(9-15)6-1-7-13/h2-5,16H,1,6-8,10H2. The number of nitrogens with one attached hydrogen (secondary N) is 1. The Morgan fingerprint density at radius 3 is 2.50 bits per heavy atom. The summed E-state index contributed by atoms with van der Waals surface area (Å²) in [7, 11) is 0. The molecule has 3 heteroatoms. The van der Waals surface area contributed by atoms with Gasteiger partial charge >= 0.3 is 0 Å². The molecule has 84 valence electrons. The van der Waals surface area contributed by atoms with Gasteiger partial charge in [0.25, 0.3) is 0 Å². The van der Waals surface area contributed by atoms with Crippen LogP contribution >= 0.6 is 15.9 Å². The highest BCUT2D eigenvalue weighted by molar-refractivity contribution is 9.10. The van der Waals surface area contributed by atoms with Crippen molar-refractivity contribution in [3.8, 4) is 6.07 Å². The van der Waals surface area contributed by atoms with E-state index in [1.807, 2.05) is 12.1 Å². The maximum atomic E-state index is 9.07. The van der Waals surface area contributed by atoms with Gasteiger partial charge in [0.1, 0.15) is 0 Å². The van der Waals surface area contributed by atoms with Crippen LogP contribution in [0.2, 0.25) is 0 Å². The van der Waals surface area contributed by atoms with Crippen LogP contribution in [0.5, 0.6) is 0 Å². The van der Waals surface area contributed by atoms with E-state index in [-0.39, 0.29) is 5.41 Å². The van der Waals surface area contributed by atoms with Crippen LogP contribution in [-0.2, 0) is 6.54 Å². The molecule has 1 aliphatic carbocycles. The van der Waals surface area contributed by atoms with E-state index in [2.05, 4.69) is 39.4 Å². The van der Waals surface area contributed by atoms with Crippen LogP contribution in [0, 0.1) is 16.7 Å². The second kappa shape index (κ2) is 4.99. The lowest BCUT2D eigenvalue weighted by molar-refractivity contribution is 0.206. The van der Waals surface area contributed by atoms with Crippen LogP contribution in [0.3, 0.4) is 0 Å². The number of hydrogen-bond donors (Lipinski definition) is 1. The summed E-state index contributed by atoms with van der Waals surface area (Å²) in [6.45, 7) is 1.66. The zero-order valence-corrected chi connectivity index (χ0v) is 10.8. The Labute approximate surface area is 105 Å². The Kier molecular flexibility index (Phi) is 3.63. The van der Waals surface area contributed by atoms with E-state index in [1.165, 1.54) is 12.0 Å². The summed E-state index contributed by atoms with van der Waals surface area (Å²) in [5, 5.41) is 12.5. The van der Waals surface area contributed by atoms with Gasteiger partial charge in [0.15, 0.2) is 0 Å². The monoisotopic (exact) mass is 278 g/mol. The van der Waals surface area contributed by atoms with Crippen molar-refractivity contribution in [2.24, 2.45) is 5.41 Å². The highest BCUT2D eigenvalue weighted by Gasteiger charge is 2.36. The number of nitrogens with zero attached hydrogens (tertiary/aromatic N) is 1. The molecule has 1 saturated carbocycles. The predicted octanol–water partition coefficient (Wildman–Crippen LogP) is 3.23. The van der Waals surface area contributed by atoms with E-state index in [1.54, 1.807) is 0 Å². The zero-order chi connectivity index (χ0) is 11.4. The molecule has 2 rings (SSSR count). The molecule has 0 atom stereocenters. The second-order valence-electron chi connectivity index (χ2n) is 4.48. The summed E-state index contributed by atoms with van der Waals surface area (Å²) in [6.07, 6.45) is 3.31. The summed E-state index contributed by atoms with van der Waals surface area (Å²) >= 11 is 3.41. The third-order valence-electron chi connectivity index (χ3n) is 3.25. The van der Waals surface area contributed by atoms with Crippen molar-refractivity contribution in [3.63, 3.8) is 0 Å². The molecule has 0 saturated heterocycles. The maximum absolute atomic E-state index is 9.07. The normalized spacial score (nSPS) is 17.5. The van der Waals surface area contributed by atoms with Gasteiger partial charge in [-0.05, 0) is 30.5 Å². The quantitative estimate of drug-likeness (QED) is 0.918. The van der Waals surface area contributed by atoms with Gasteiger partial charge in [-0.2, -0.15) is 5.26 Å². The highest BCUT2D eigenvalue weighted by atomic mass is 79.9. The summed E-state index contributed by atoms with van der Waals surface area (Å²) in [4.78, 5) is 0. The molecule has 1 fully saturated rings. The molecule has 1 aromatic rings. The van der Waals surface area contributed by atoms with Gasteiger partial charge in [0.05, 0.1) is 11.5 Å². The molecule has 0 aliphatic heterocycles. The molecule has 0 unspecified atom stereocenters. The maximum Gasteiger partial charge on any atom is 0.0703 e. The van der Waals surface area contributed by atoms with E-state index in [0.717, 1.165) is 30.4 Å². The lowest BCUT2D eigenvalue weighted by Crippen LogP contribution is -2.38. The van der Waals surface area contributed by atoms with Crippen molar-refractivity contribution in [3.05, 3.63) is 34.3 Å². The Morgan fingerprint density at radius 2 is 2.00 bits per heavy atom. The van der Waals surface area contributed by atoms with Gasteiger partial charge in [-0.1, -0.05) is 34.5 Å². The molecule has 1 N–H and O–H groups in total. The third-order valence-corrected chi connectivity index (χ3v) is 3.78. The van der Waals surface area contributed by atoms with Crippen LogP contribution in [0.4, 0.5) is 0 Å². The van der Waals surface area contributed by atoms with Crippen molar-refractivity contribution < 1.29 is 0 Å². The first-order valence-electron chi connectivity index (χ1n) is 5.61. The summed E-state index contributed by atoms with van der Waals surface area (Å²) < 4.78 is 1.10. The molecule has 16 heavy (non-hydrogen) atoms. The fraction of sp³-hybridized carbons (Fsp3) is 0.462. The minimum atomic E-state index is -0.0740. The molecule has 2 nitrogen and oxygen atoms in total. The lowest BCUT2D eigenvalue weighted by atomic mass is 9.70. The molecule has 1 aliphatic rings. The van der Waals surface area contributed by atoms with E-state index < -0.39 is 0 Å². The molecule has 0 radical (unpaired) electrons. The van der Waals surface area contributed by atoms with Crippen LogP contribution in [0.1, 0.15) is 24.8 Å². The molecule has 0 heterocycles. The molecular weight excluding hydrogens is 264 g/mol. The minimum absolute atomic E-state index is 0.0740. The summed E-state index contributed by atoms with van der Waals surface area (Å²) in [5.41, 5.74) is 1.19. The first kappa shape index (κ1) is 11.6. The van der Waals surface area contributed by atoms with Crippen LogP contribution in [0.25, 0.3) is 0 Å². The first-order chi connectivity index (χ1) is 7.74. The van der Waals surface area contributed by atoms with E-state index in [9.17, 15) is 0 Å². The van der Waals surface area contributed by atoms with Gasteiger partial charge in [0, 0.05) is 17.6 Å².